The first kappa shape index (κ1) is 13.0. The number of aromatic nitrogens is 2. The monoisotopic (exact) mass is 279 g/mol. The predicted molar refractivity (Wildman–Crippen MR) is 69.3 cm³/mol. The molecule has 2 aromatic rings. The van der Waals surface area contributed by atoms with E-state index in [1.165, 1.54) is 12.1 Å². The molecular formula is C15H14F3N2+. The highest BCUT2D eigenvalue weighted by Crippen LogP contribution is 2.31. The van der Waals surface area contributed by atoms with Crippen LogP contribution in [0.4, 0.5) is 13.2 Å². The average Bonchev–Trinajstić information content (AvgIpc) is 2.76. The minimum absolute atomic E-state index is 0.531. The van der Waals surface area contributed by atoms with Crippen LogP contribution in [-0.2, 0) is 19.6 Å². The molecule has 1 aromatic carbocycles. The molecule has 0 unspecified atom stereocenters. The molecule has 0 radical (unpaired) electrons. The largest absolute Gasteiger partial charge is 0.416 e. The maximum absolute atomic E-state index is 12.8. The molecule has 0 atom stereocenters. The Labute approximate surface area is 114 Å². The Bertz CT molecular complexity index is 681. The fourth-order valence-electron chi connectivity index (χ4n) is 2.56. The Kier molecular flexibility index (Phi) is 2.92. The lowest BCUT2D eigenvalue weighted by Gasteiger charge is -2.08. The van der Waals surface area contributed by atoms with Crippen molar-refractivity contribution in [3.05, 3.63) is 53.6 Å². The van der Waals surface area contributed by atoms with E-state index in [1.807, 2.05) is 30.1 Å². The van der Waals surface area contributed by atoms with Crippen LogP contribution < -0.4 is 4.57 Å². The van der Waals surface area contributed by atoms with Crippen LogP contribution in [-0.4, -0.2) is 4.57 Å². The van der Waals surface area contributed by atoms with E-state index in [9.17, 15) is 13.2 Å². The zero-order valence-electron chi connectivity index (χ0n) is 11.0. The molecule has 0 N–H and O–H groups in total. The minimum atomic E-state index is -4.32. The van der Waals surface area contributed by atoms with Crippen LogP contribution in [0.2, 0.25) is 0 Å². The Morgan fingerprint density at radius 1 is 1.25 bits per heavy atom. The Morgan fingerprint density at radius 2 is 2.05 bits per heavy atom. The third-order valence-electron chi connectivity index (χ3n) is 3.54. The van der Waals surface area contributed by atoms with Gasteiger partial charge in [-0.15, -0.1) is 0 Å². The molecule has 0 amide bonds. The molecule has 1 aromatic heterocycles. The molecule has 2 nitrogen and oxygen atoms in total. The SMILES string of the molecule is C[n+]1cn(-c2cccc(C(F)(F)F)c2)c2c1CCC=C2. The number of halogens is 3. The number of aryl methyl sites for hydroxylation is 1. The number of rotatable bonds is 1. The topological polar surface area (TPSA) is 8.81 Å². The second-order valence-corrected chi connectivity index (χ2v) is 4.92. The van der Waals surface area contributed by atoms with E-state index in [2.05, 4.69) is 0 Å². The van der Waals surface area contributed by atoms with Crippen LogP contribution in [0.25, 0.3) is 11.8 Å². The number of imidazole rings is 1. The van der Waals surface area contributed by atoms with E-state index in [4.69, 9.17) is 0 Å². The number of hydrogen-bond acceptors (Lipinski definition) is 0. The molecule has 0 saturated carbocycles. The summed E-state index contributed by atoms with van der Waals surface area (Å²) >= 11 is 0. The van der Waals surface area contributed by atoms with E-state index in [0.717, 1.165) is 30.3 Å². The number of fused-ring (bicyclic) bond motifs is 1. The van der Waals surface area contributed by atoms with Crippen LogP contribution >= 0.6 is 0 Å². The van der Waals surface area contributed by atoms with E-state index in [0.29, 0.717) is 5.69 Å². The van der Waals surface area contributed by atoms with Crippen molar-refractivity contribution in [1.82, 2.24) is 4.57 Å². The van der Waals surface area contributed by atoms with Crippen molar-refractivity contribution >= 4 is 6.08 Å². The Balaban J connectivity index is 2.13. The van der Waals surface area contributed by atoms with Crippen LogP contribution in [0.3, 0.4) is 0 Å². The van der Waals surface area contributed by atoms with Crippen molar-refractivity contribution in [1.29, 1.82) is 0 Å². The molecule has 1 heterocycles. The molecule has 0 saturated heterocycles. The fraction of sp³-hybridized carbons (Fsp3) is 0.267. The standard InChI is InChI=1S/C15H14F3N2/c1-19-10-20(14-8-3-2-7-13(14)19)12-6-4-5-11(9-12)15(16,17)18/h3-6,8-10H,2,7H2,1H3/q+1. The van der Waals surface area contributed by atoms with Gasteiger partial charge in [-0.05, 0) is 30.7 Å². The van der Waals surface area contributed by atoms with Crippen LogP contribution in [0.15, 0.2) is 36.7 Å². The number of alkyl halides is 3. The van der Waals surface area contributed by atoms with E-state index < -0.39 is 11.7 Å². The fourth-order valence-corrected chi connectivity index (χ4v) is 2.56. The summed E-state index contributed by atoms with van der Waals surface area (Å²) in [6.45, 7) is 0. The molecule has 0 spiro atoms. The second kappa shape index (κ2) is 4.51. The van der Waals surface area contributed by atoms with E-state index >= 15 is 0 Å². The smallest absolute Gasteiger partial charge is 0.236 e. The maximum Gasteiger partial charge on any atom is 0.416 e. The van der Waals surface area contributed by atoms with Gasteiger partial charge in [0.05, 0.1) is 12.6 Å². The van der Waals surface area contributed by atoms with Gasteiger partial charge in [-0.1, -0.05) is 12.1 Å². The Hall–Kier alpha value is -2.04. The molecule has 104 valence electrons. The molecule has 0 bridgehead atoms. The van der Waals surface area contributed by atoms with Gasteiger partial charge < -0.3 is 0 Å². The maximum atomic E-state index is 12.8. The summed E-state index contributed by atoms with van der Waals surface area (Å²) in [7, 11) is 1.92. The van der Waals surface area contributed by atoms with Gasteiger partial charge in [0, 0.05) is 6.42 Å². The summed E-state index contributed by atoms with van der Waals surface area (Å²) in [5.41, 5.74) is 2.01. The lowest BCUT2D eigenvalue weighted by molar-refractivity contribution is -0.678. The van der Waals surface area contributed by atoms with Gasteiger partial charge in [0.15, 0.2) is 11.4 Å². The third-order valence-corrected chi connectivity index (χ3v) is 3.54. The van der Waals surface area contributed by atoms with E-state index in [1.54, 1.807) is 10.6 Å². The predicted octanol–water partition coefficient (Wildman–Crippen LogP) is 3.28. The molecule has 1 aliphatic rings. The number of allylic oxidation sites excluding steroid dienone is 1. The lowest BCUT2D eigenvalue weighted by atomic mass is 10.1. The van der Waals surface area contributed by atoms with Crippen molar-refractivity contribution in [2.24, 2.45) is 7.05 Å². The van der Waals surface area contributed by atoms with Crippen LogP contribution in [0, 0.1) is 0 Å². The van der Waals surface area contributed by atoms with Crippen molar-refractivity contribution in [3.8, 4) is 5.69 Å². The molecule has 1 aliphatic carbocycles. The summed E-state index contributed by atoms with van der Waals surface area (Å²) in [6.07, 6.45) is 3.41. The molecular weight excluding hydrogens is 265 g/mol. The van der Waals surface area contributed by atoms with Crippen molar-refractivity contribution in [3.63, 3.8) is 0 Å². The first-order valence-corrected chi connectivity index (χ1v) is 6.41. The second-order valence-electron chi connectivity index (χ2n) is 4.92. The quantitative estimate of drug-likeness (QED) is 0.708. The molecule has 5 heteroatoms. The molecule has 0 aliphatic heterocycles. The molecule has 0 fully saturated rings. The van der Waals surface area contributed by atoms with Crippen molar-refractivity contribution in [2.75, 3.05) is 0 Å². The summed E-state index contributed by atoms with van der Waals surface area (Å²) in [5, 5.41) is 0. The van der Waals surface area contributed by atoms with Gasteiger partial charge in [0.2, 0.25) is 6.33 Å². The highest BCUT2D eigenvalue weighted by atomic mass is 19.4. The minimum Gasteiger partial charge on any atom is -0.236 e. The van der Waals surface area contributed by atoms with E-state index in [-0.39, 0.29) is 0 Å². The summed E-state index contributed by atoms with van der Waals surface area (Å²) in [6, 6.07) is 5.41. The van der Waals surface area contributed by atoms with Crippen molar-refractivity contribution in [2.45, 2.75) is 19.0 Å². The first-order valence-electron chi connectivity index (χ1n) is 6.41. The van der Waals surface area contributed by atoms with Gasteiger partial charge in [0.25, 0.3) is 0 Å². The number of hydrogen-bond donors (Lipinski definition) is 0. The van der Waals surface area contributed by atoms with Crippen LogP contribution in [0.5, 0.6) is 0 Å². The highest BCUT2D eigenvalue weighted by Gasteiger charge is 2.31. The zero-order valence-corrected chi connectivity index (χ0v) is 11.0. The normalized spacial score (nSPS) is 14.4. The summed E-state index contributed by atoms with van der Waals surface area (Å²) in [4.78, 5) is 0. The van der Waals surface area contributed by atoms with Gasteiger partial charge in [-0.25, -0.2) is 4.57 Å². The molecule has 20 heavy (non-hydrogen) atoms. The van der Waals surface area contributed by atoms with Gasteiger partial charge in [0.1, 0.15) is 5.69 Å². The average molecular weight is 279 g/mol. The van der Waals surface area contributed by atoms with Gasteiger partial charge in [-0.3, -0.25) is 0 Å². The number of benzene rings is 1. The summed E-state index contributed by atoms with van der Waals surface area (Å²) in [5.74, 6) is 0. The zero-order chi connectivity index (χ0) is 14.3. The van der Waals surface area contributed by atoms with Gasteiger partial charge in [-0.2, -0.15) is 17.7 Å². The summed E-state index contributed by atoms with van der Waals surface area (Å²) < 4.78 is 42.2. The number of nitrogens with zero attached hydrogens (tertiary/aromatic N) is 2. The molecule has 3 rings (SSSR count). The lowest BCUT2D eigenvalue weighted by Crippen LogP contribution is -2.30. The third kappa shape index (κ3) is 2.13. The van der Waals surface area contributed by atoms with Crippen molar-refractivity contribution < 1.29 is 17.7 Å². The van der Waals surface area contributed by atoms with Gasteiger partial charge >= 0.3 is 6.18 Å². The highest BCUT2D eigenvalue weighted by molar-refractivity contribution is 5.53. The Morgan fingerprint density at radius 3 is 2.80 bits per heavy atom. The first-order chi connectivity index (χ1) is 9.47. The van der Waals surface area contributed by atoms with Crippen LogP contribution in [0.1, 0.15) is 23.4 Å².